The topological polar surface area (TPSA) is 231 Å². The van der Waals surface area contributed by atoms with Gasteiger partial charge in [0.05, 0.1) is 12.5 Å². The summed E-state index contributed by atoms with van der Waals surface area (Å²) in [5.41, 5.74) is 11.0. The normalized spacial score (nSPS) is 15.4. The van der Waals surface area contributed by atoms with E-state index in [0.29, 0.717) is 6.42 Å². The molecule has 0 aromatic heterocycles. The summed E-state index contributed by atoms with van der Waals surface area (Å²) >= 11 is 0. The molecule has 9 N–H and O–H groups in total. The molecule has 0 aliphatic rings. The lowest BCUT2D eigenvalue weighted by Crippen LogP contribution is -2.58. The minimum Gasteiger partial charge on any atom is -0.481 e. The standard InChI is InChI=1S/C21H37N5O8/c1-5-11(4)17(23)20(32)24-12(6-7-15(22)27)18(30)25-13(9-16(28)29)19(31)26-14(21(33)34)8-10(2)3/h10-14,17H,5-9,23H2,1-4H3,(H2,22,27)(H,24,32)(H,25,30)(H,26,31)(H,28,29)(H,33,34). The first-order valence-electron chi connectivity index (χ1n) is 11.1. The van der Waals surface area contributed by atoms with Crippen molar-refractivity contribution < 1.29 is 39.0 Å². The van der Waals surface area contributed by atoms with Crippen LogP contribution in [0.2, 0.25) is 0 Å². The van der Waals surface area contributed by atoms with Crippen LogP contribution in [0.25, 0.3) is 0 Å². The van der Waals surface area contributed by atoms with Crippen LogP contribution in [0.1, 0.15) is 59.8 Å². The summed E-state index contributed by atoms with van der Waals surface area (Å²) in [6.07, 6.45) is -0.655. The first kappa shape index (κ1) is 30.8. The van der Waals surface area contributed by atoms with Crippen LogP contribution in [0.4, 0.5) is 0 Å². The summed E-state index contributed by atoms with van der Waals surface area (Å²) in [6.45, 7) is 7.06. The van der Waals surface area contributed by atoms with Gasteiger partial charge in [0.15, 0.2) is 0 Å². The molecule has 13 nitrogen and oxygen atoms in total. The Hall–Kier alpha value is -3.22. The second-order valence-electron chi connectivity index (χ2n) is 8.67. The molecule has 0 bridgehead atoms. The molecule has 0 saturated heterocycles. The van der Waals surface area contributed by atoms with Crippen LogP contribution in [0.5, 0.6) is 0 Å². The third-order valence-corrected chi connectivity index (χ3v) is 5.21. The van der Waals surface area contributed by atoms with Gasteiger partial charge in [-0.3, -0.25) is 24.0 Å². The van der Waals surface area contributed by atoms with E-state index in [1.165, 1.54) is 0 Å². The highest BCUT2D eigenvalue weighted by atomic mass is 16.4. The van der Waals surface area contributed by atoms with Crippen molar-refractivity contribution in [3.8, 4) is 0 Å². The quantitative estimate of drug-likeness (QED) is 0.137. The molecule has 5 atom stereocenters. The monoisotopic (exact) mass is 487 g/mol. The fraction of sp³-hybridized carbons (Fsp3) is 0.714. The number of carboxylic acids is 2. The molecule has 0 fully saturated rings. The van der Waals surface area contributed by atoms with Gasteiger partial charge in [-0.15, -0.1) is 0 Å². The third kappa shape index (κ3) is 11.6. The van der Waals surface area contributed by atoms with Crippen LogP contribution in [-0.4, -0.2) is 69.9 Å². The molecule has 0 aromatic rings. The minimum absolute atomic E-state index is 0.0829. The van der Waals surface area contributed by atoms with Gasteiger partial charge in [-0.1, -0.05) is 34.1 Å². The summed E-state index contributed by atoms with van der Waals surface area (Å²) in [5, 5.41) is 25.4. The van der Waals surface area contributed by atoms with Crippen molar-refractivity contribution in [1.82, 2.24) is 16.0 Å². The van der Waals surface area contributed by atoms with Gasteiger partial charge in [0.2, 0.25) is 23.6 Å². The second-order valence-corrected chi connectivity index (χ2v) is 8.67. The molecule has 0 heterocycles. The number of amides is 4. The van der Waals surface area contributed by atoms with Crippen LogP contribution in [0.15, 0.2) is 0 Å². The van der Waals surface area contributed by atoms with Gasteiger partial charge >= 0.3 is 11.9 Å². The summed E-state index contributed by atoms with van der Waals surface area (Å²) in [6, 6.07) is -5.20. The lowest BCUT2D eigenvalue weighted by atomic mass is 9.98. The van der Waals surface area contributed by atoms with E-state index in [-0.39, 0.29) is 31.1 Å². The number of hydrogen-bond donors (Lipinski definition) is 7. The number of carbonyl (C=O) groups is 6. The van der Waals surface area contributed by atoms with Gasteiger partial charge in [-0.05, 0) is 24.7 Å². The van der Waals surface area contributed by atoms with E-state index in [9.17, 15) is 33.9 Å². The summed E-state index contributed by atoms with van der Waals surface area (Å²) in [7, 11) is 0. The maximum atomic E-state index is 12.8. The number of primary amides is 1. The Kier molecular flexibility index (Phi) is 13.4. The van der Waals surface area contributed by atoms with Crippen LogP contribution < -0.4 is 27.4 Å². The summed E-state index contributed by atoms with van der Waals surface area (Å²) in [5.74, 6) is -6.39. The number of hydrogen-bond acceptors (Lipinski definition) is 7. The molecule has 4 amide bonds. The maximum Gasteiger partial charge on any atom is 0.326 e. The van der Waals surface area contributed by atoms with Gasteiger partial charge in [-0.2, -0.15) is 0 Å². The zero-order valence-electron chi connectivity index (χ0n) is 20.0. The smallest absolute Gasteiger partial charge is 0.326 e. The zero-order chi connectivity index (χ0) is 26.6. The van der Waals surface area contributed by atoms with Crippen molar-refractivity contribution >= 4 is 35.6 Å². The van der Waals surface area contributed by atoms with E-state index in [1.54, 1.807) is 20.8 Å². The SMILES string of the molecule is CCC(C)C(N)C(=O)NC(CCC(N)=O)C(=O)NC(CC(=O)O)C(=O)NC(CC(C)C)C(=O)O. The van der Waals surface area contributed by atoms with Crippen molar-refractivity contribution in [3.05, 3.63) is 0 Å². The number of carbonyl (C=O) groups excluding carboxylic acids is 4. The van der Waals surface area contributed by atoms with Crippen molar-refractivity contribution in [2.24, 2.45) is 23.3 Å². The average molecular weight is 488 g/mol. The van der Waals surface area contributed by atoms with Crippen molar-refractivity contribution in [2.45, 2.75) is 84.0 Å². The molecule has 194 valence electrons. The van der Waals surface area contributed by atoms with E-state index in [1.807, 2.05) is 6.92 Å². The molecular formula is C21H37N5O8. The Bertz CT molecular complexity index is 757. The molecule has 0 spiro atoms. The van der Waals surface area contributed by atoms with E-state index < -0.39 is 66.2 Å². The van der Waals surface area contributed by atoms with Gasteiger partial charge in [0.25, 0.3) is 0 Å². The van der Waals surface area contributed by atoms with Gasteiger partial charge < -0.3 is 37.6 Å². The number of carboxylic acid groups (broad SMARTS) is 2. The molecule has 13 heteroatoms. The van der Waals surface area contributed by atoms with E-state index in [4.69, 9.17) is 16.6 Å². The lowest BCUT2D eigenvalue weighted by Gasteiger charge is -2.25. The van der Waals surface area contributed by atoms with E-state index in [2.05, 4.69) is 16.0 Å². The molecule has 0 rings (SSSR count). The predicted octanol–water partition coefficient (Wildman–Crippen LogP) is -1.31. The molecule has 5 unspecified atom stereocenters. The Morgan fingerprint density at radius 3 is 1.76 bits per heavy atom. The number of aliphatic carboxylic acids is 2. The number of rotatable bonds is 16. The van der Waals surface area contributed by atoms with Crippen LogP contribution in [0, 0.1) is 11.8 Å². The van der Waals surface area contributed by atoms with Crippen LogP contribution >= 0.6 is 0 Å². The first-order chi connectivity index (χ1) is 15.7. The van der Waals surface area contributed by atoms with Crippen LogP contribution in [0.3, 0.4) is 0 Å². The lowest BCUT2D eigenvalue weighted by molar-refractivity contribution is -0.144. The van der Waals surface area contributed by atoms with Crippen molar-refractivity contribution in [1.29, 1.82) is 0 Å². The molecule has 0 saturated carbocycles. The highest BCUT2D eigenvalue weighted by Crippen LogP contribution is 2.09. The van der Waals surface area contributed by atoms with Gasteiger partial charge in [-0.25, -0.2) is 4.79 Å². The molecule has 0 radical (unpaired) electrons. The number of nitrogens with two attached hydrogens (primary N) is 2. The first-order valence-corrected chi connectivity index (χ1v) is 11.1. The largest absolute Gasteiger partial charge is 0.481 e. The third-order valence-electron chi connectivity index (χ3n) is 5.21. The zero-order valence-corrected chi connectivity index (χ0v) is 20.0. The highest BCUT2D eigenvalue weighted by molar-refractivity contribution is 5.95. The maximum absolute atomic E-state index is 12.8. The summed E-state index contributed by atoms with van der Waals surface area (Å²) in [4.78, 5) is 71.8. The Labute approximate surface area is 198 Å². The van der Waals surface area contributed by atoms with E-state index >= 15 is 0 Å². The van der Waals surface area contributed by atoms with E-state index in [0.717, 1.165) is 0 Å². The molecule has 0 aliphatic heterocycles. The Morgan fingerprint density at radius 1 is 0.824 bits per heavy atom. The Morgan fingerprint density at radius 2 is 1.32 bits per heavy atom. The molecule has 34 heavy (non-hydrogen) atoms. The molecular weight excluding hydrogens is 450 g/mol. The van der Waals surface area contributed by atoms with Gasteiger partial charge in [0, 0.05) is 6.42 Å². The Balaban J connectivity index is 5.62. The fourth-order valence-electron chi connectivity index (χ4n) is 2.96. The fourth-order valence-corrected chi connectivity index (χ4v) is 2.96. The molecule has 0 aromatic carbocycles. The van der Waals surface area contributed by atoms with Gasteiger partial charge in [0.1, 0.15) is 18.1 Å². The molecule has 0 aliphatic carbocycles. The second kappa shape index (κ2) is 14.8. The van der Waals surface area contributed by atoms with Crippen LogP contribution in [-0.2, 0) is 28.8 Å². The highest BCUT2D eigenvalue weighted by Gasteiger charge is 2.32. The van der Waals surface area contributed by atoms with Crippen molar-refractivity contribution in [2.75, 3.05) is 0 Å². The number of nitrogens with one attached hydrogen (secondary N) is 3. The average Bonchev–Trinajstić information content (AvgIpc) is 2.73. The van der Waals surface area contributed by atoms with Crippen molar-refractivity contribution in [3.63, 3.8) is 0 Å². The minimum atomic E-state index is -1.63. The predicted molar refractivity (Wildman–Crippen MR) is 121 cm³/mol. The summed E-state index contributed by atoms with van der Waals surface area (Å²) < 4.78 is 0.